The van der Waals surface area contributed by atoms with Crippen LogP contribution in [-0.4, -0.2) is 30.2 Å². The fourth-order valence-corrected chi connectivity index (χ4v) is 3.50. The van der Waals surface area contributed by atoms with E-state index in [0.717, 1.165) is 43.9 Å². The van der Waals surface area contributed by atoms with Crippen molar-refractivity contribution in [3.05, 3.63) is 71.9 Å². The summed E-state index contributed by atoms with van der Waals surface area (Å²) in [6.45, 7) is 1.75. The van der Waals surface area contributed by atoms with E-state index in [1.165, 1.54) is 16.8 Å². The lowest BCUT2D eigenvalue weighted by Crippen LogP contribution is -2.25. The first-order chi connectivity index (χ1) is 13.3. The van der Waals surface area contributed by atoms with Crippen LogP contribution in [0, 0.1) is 0 Å². The van der Waals surface area contributed by atoms with Crippen LogP contribution in [0.25, 0.3) is 0 Å². The number of aromatic nitrogens is 2. The molecule has 0 aliphatic carbocycles. The van der Waals surface area contributed by atoms with Gasteiger partial charge in [0, 0.05) is 25.0 Å². The Hall–Kier alpha value is -3.08. The second kappa shape index (κ2) is 8.08. The van der Waals surface area contributed by atoms with Gasteiger partial charge in [-0.1, -0.05) is 30.3 Å². The minimum atomic E-state index is 0.665. The largest absolute Gasteiger partial charge is 0.497 e. The van der Waals surface area contributed by atoms with E-state index in [1.54, 1.807) is 7.11 Å². The molecule has 0 atom stereocenters. The molecule has 1 aliphatic rings. The number of benzene rings is 2. The average Bonchev–Trinajstić information content (AvgIpc) is 2.74. The van der Waals surface area contributed by atoms with Crippen molar-refractivity contribution >= 4 is 17.5 Å². The maximum Gasteiger partial charge on any atom is 0.224 e. The van der Waals surface area contributed by atoms with Crippen molar-refractivity contribution in [3.8, 4) is 5.75 Å². The molecular formula is C22H24N4O. The molecule has 1 N–H and O–H groups in total. The SMILES string of the molecule is COc1cccc(CCNc2nccc(N3CCCc4ccccc43)n2)c1. The van der Waals surface area contributed by atoms with Gasteiger partial charge in [0.25, 0.3) is 0 Å². The van der Waals surface area contributed by atoms with Crippen molar-refractivity contribution in [1.29, 1.82) is 0 Å². The Labute approximate surface area is 160 Å². The van der Waals surface area contributed by atoms with Crippen LogP contribution in [0.2, 0.25) is 0 Å². The second-order valence-electron chi connectivity index (χ2n) is 6.65. The summed E-state index contributed by atoms with van der Waals surface area (Å²) in [6, 6.07) is 18.7. The molecule has 0 amide bonds. The van der Waals surface area contributed by atoms with Gasteiger partial charge >= 0.3 is 0 Å². The first kappa shape index (κ1) is 17.3. The topological polar surface area (TPSA) is 50.3 Å². The van der Waals surface area contributed by atoms with E-state index in [9.17, 15) is 0 Å². The van der Waals surface area contributed by atoms with Crippen molar-refractivity contribution < 1.29 is 4.74 Å². The molecule has 0 unspecified atom stereocenters. The predicted octanol–water partition coefficient (Wildman–Crippen LogP) is 4.22. The zero-order valence-electron chi connectivity index (χ0n) is 15.6. The van der Waals surface area contributed by atoms with Gasteiger partial charge in [0.2, 0.25) is 5.95 Å². The Kier molecular flexibility index (Phi) is 5.19. The summed E-state index contributed by atoms with van der Waals surface area (Å²) in [5.74, 6) is 2.49. The Morgan fingerprint density at radius 1 is 1.11 bits per heavy atom. The molecule has 138 valence electrons. The Bertz CT molecular complexity index is 912. The number of para-hydroxylation sites is 1. The molecule has 2 aromatic carbocycles. The van der Waals surface area contributed by atoms with Gasteiger partial charge in [0.15, 0.2) is 0 Å². The zero-order chi connectivity index (χ0) is 18.5. The van der Waals surface area contributed by atoms with E-state index in [1.807, 2.05) is 24.4 Å². The smallest absolute Gasteiger partial charge is 0.224 e. The third-order valence-corrected chi connectivity index (χ3v) is 4.86. The lowest BCUT2D eigenvalue weighted by molar-refractivity contribution is 0.414. The van der Waals surface area contributed by atoms with Gasteiger partial charge in [-0.15, -0.1) is 0 Å². The lowest BCUT2D eigenvalue weighted by Gasteiger charge is -2.30. The maximum absolute atomic E-state index is 5.28. The van der Waals surface area contributed by atoms with E-state index in [2.05, 4.69) is 51.6 Å². The van der Waals surface area contributed by atoms with Gasteiger partial charge in [-0.2, -0.15) is 4.98 Å². The van der Waals surface area contributed by atoms with Crippen LogP contribution < -0.4 is 15.0 Å². The monoisotopic (exact) mass is 360 g/mol. The molecule has 0 bridgehead atoms. The molecule has 0 spiro atoms. The Balaban J connectivity index is 1.44. The third kappa shape index (κ3) is 4.03. The number of methoxy groups -OCH3 is 1. The normalized spacial score (nSPS) is 13.1. The summed E-state index contributed by atoms with van der Waals surface area (Å²) in [7, 11) is 1.69. The van der Waals surface area contributed by atoms with Gasteiger partial charge in [0.05, 0.1) is 7.11 Å². The van der Waals surface area contributed by atoms with Crippen molar-refractivity contribution in [1.82, 2.24) is 9.97 Å². The van der Waals surface area contributed by atoms with Crippen molar-refractivity contribution in [2.75, 3.05) is 30.4 Å². The molecule has 1 aromatic heterocycles. The lowest BCUT2D eigenvalue weighted by atomic mass is 10.0. The number of anilines is 3. The highest BCUT2D eigenvalue weighted by atomic mass is 16.5. The number of nitrogens with one attached hydrogen (secondary N) is 1. The van der Waals surface area contributed by atoms with Gasteiger partial charge in [-0.3, -0.25) is 0 Å². The predicted molar refractivity (Wildman–Crippen MR) is 109 cm³/mol. The zero-order valence-corrected chi connectivity index (χ0v) is 15.6. The van der Waals surface area contributed by atoms with Crippen molar-refractivity contribution in [3.63, 3.8) is 0 Å². The van der Waals surface area contributed by atoms with E-state index < -0.39 is 0 Å². The fraction of sp³-hybridized carbons (Fsp3) is 0.273. The molecule has 0 saturated carbocycles. The van der Waals surface area contributed by atoms with Gasteiger partial charge in [-0.25, -0.2) is 4.98 Å². The minimum Gasteiger partial charge on any atom is -0.497 e. The third-order valence-electron chi connectivity index (χ3n) is 4.86. The van der Waals surface area contributed by atoms with Crippen LogP contribution in [0.5, 0.6) is 5.75 Å². The minimum absolute atomic E-state index is 0.665. The summed E-state index contributed by atoms with van der Waals surface area (Å²) in [6.07, 6.45) is 4.98. The highest BCUT2D eigenvalue weighted by Crippen LogP contribution is 2.32. The number of ether oxygens (including phenoxy) is 1. The van der Waals surface area contributed by atoms with Crippen LogP contribution >= 0.6 is 0 Å². The molecule has 5 nitrogen and oxygen atoms in total. The molecule has 5 heteroatoms. The molecule has 2 heterocycles. The number of hydrogen-bond donors (Lipinski definition) is 1. The summed E-state index contributed by atoms with van der Waals surface area (Å²) < 4.78 is 5.28. The van der Waals surface area contributed by atoms with Gasteiger partial charge in [0.1, 0.15) is 11.6 Å². The second-order valence-corrected chi connectivity index (χ2v) is 6.65. The Morgan fingerprint density at radius 2 is 2.04 bits per heavy atom. The van der Waals surface area contributed by atoms with Gasteiger partial charge < -0.3 is 15.0 Å². The summed E-state index contributed by atoms with van der Waals surface area (Å²) in [5, 5.41) is 3.34. The molecule has 3 aromatic rings. The molecule has 0 saturated heterocycles. The first-order valence-electron chi connectivity index (χ1n) is 9.39. The fourth-order valence-electron chi connectivity index (χ4n) is 3.50. The standard InChI is InChI=1S/C22H24N4O/c1-27-19-9-4-6-17(16-19)11-13-23-22-24-14-12-21(25-22)26-15-5-8-18-7-2-3-10-20(18)26/h2-4,6-7,9-10,12,14,16H,5,8,11,13,15H2,1H3,(H,23,24,25). The maximum atomic E-state index is 5.28. The molecular weight excluding hydrogens is 336 g/mol. The van der Waals surface area contributed by atoms with Crippen molar-refractivity contribution in [2.45, 2.75) is 19.3 Å². The van der Waals surface area contributed by atoms with Crippen LogP contribution in [0.15, 0.2) is 60.8 Å². The Morgan fingerprint density at radius 3 is 2.96 bits per heavy atom. The average molecular weight is 360 g/mol. The van der Waals surface area contributed by atoms with Crippen LogP contribution in [0.1, 0.15) is 17.5 Å². The number of hydrogen-bond acceptors (Lipinski definition) is 5. The molecule has 0 fully saturated rings. The number of aryl methyl sites for hydroxylation is 1. The summed E-state index contributed by atoms with van der Waals surface area (Å²) in [5.41, 5.74) is 3.86. The van der Waals surface area contributed by atoms with Crippen LogP contribution in [-0.2, 0) is 12.8 Å². The van der Waals surface area contributed by atoms with E-state index in [-0.39, 0.29) is 0 Å². The van der Waals surface area contributed by atoms with Crippen LogP contribution in [0.3, 0.4) is 0 Å². The molecule has 1 aliphatic heterocycles. The summed E-state index contributed by atoms with van der Waals surface area (Å²) in [4.78, 5) is 11.4. The number of fused-ring (bicyclic) bond motifs is 1. The summed E-state index contributed by atoms with van der Waals surface area (Å²) >= 11 is 0. The van der Waals surface area contributed by atoms with E-state index in [0.29, 0.717) is 5.95 Å². The highest BCUT2D eigenvalue weighted by molar-refractivity contribution is 5.65. The van der Waals surface area contributed by atoms with Crippen LogP contribution in [0.4, 0.5) is 17.5 Å². The number of rotatable bonds is 6. The quantitative estimate of drug-likeness (QED) is 0.713. The van der Waals surface area contributed by atoms with E-state index in [4.69, 9.17) is 9.72 Å². The first-order valence-corrected chi connectivity index (χ1v) is 9.39. The molecule has 4 rings (SSSR count). The number of nitrogens with zero attached hydrogens (tertiary/aromatic N) is 3. The molecule has 0 radical (unpaired) electrons. The van der Waals surface area contributed by atoms with E-state index >= 15 is 0 Å². The molecule has 27 heavy (non-hydrogen) atoms. The van der Waals surface area contributed by atoms with Gasteiger partial charge in [-0.05, 0) is 54.7 Å². The van der Waals surface area contributed by atoms with Crippen molar-refractivity contribution in [2.24, 2.45) is 0 Å². The highest BCUT2D eigenvalue weighted by Gasteiger charge is 2.18.